The Morgan fingerprint density at radius 2 is 1.96 bits per heavy atom. The Bertz CT molecular complexity index is 627. The Balaban J connectivity index is 2.31. The summed E-state index contributed by atoms with van der Waals surface area (Å²) >= 11 is 5.98. The second-order valence-electron chi connectivity index (χ2n) is 5.72. The second-order valence-corrected chi connectivity index (χ2v) is 6.15. The number of carbonyl (C=O) groups excluding carboxylic acids is 2. The minimum atomic E-state index is -1.06. The van der Waals surface area contributed by atoms with E-state index in [1.54, 1.807) is 19.1 Å². The number of carboxylic acid groups (broad SMARTS) is 1. The number of benzene rings is 1. The van der Waals surface area contributed by atoms with Crippen molar-refractivity contribution in [3.63, 3.8) is 0 Å². The molecule has 0 saturated carbocycles. The molecule has 2 rings (SSSR count). The van der Waals surface area contributed by atoms with Crippen molar-refractivity contribution in [1.29, 1.82) is 0 Å². The first kappa shape index (κ1) is 17.3. The number of hydrogen-bond acceptors (Lipinski definition) is 3. The molecule has 0 aromatic heterocycles. The lowest BCUT2D eigenvalue weighted by molar-refractivity contribution is -0.145. The molecule has 1 aromatic carbocycles. The van der Waals surface area contributed by atoms with E-state index in [1.807, 2.05) is 0 Å². The van der Waals surface area contributed by atoms with Gasteiger partial charge in [-0.25, -0.2) is 4.79 Å². The molecule has 0 aliphatic carbocycles. The Morgan fingerprint density at radius 3 is 2.52 bits per heavy atom. The predicted octanol–water partition coefficient (Wildman–Crippen LogP) is 1.70. The molecule has 7 heteroatoms. The van der Waals surface area contributed by atoms with Crippen LogP contribution in [0, 0.1) is 12.8 Å². The maximum absolute atomic E-state index is 12.7. The summed E-state index contributed by atoms with van der Waals surface area (Å²) in [4.78, 5) is 37.3. The van der Waals surface area contributed by atoms with Crippen LogP contribution in [-0.2, 0) is 9.59 Å². The Morgan fingerprint density at radius 1 is 1.26 bits per heavy atom. The third kappa shape index (κ3) is 3.82. The molecule has 0 unspecified atom stereocenters. The standard InChI is InChI=1S/C16H19ClN2O4/c1-9-5-11(7-12(17)6-9)15(21)19-8-10(14(20)18-2)3-4-13(19)16(22)23/h5-7,10,13H,3-4,8H2,1-2H3,(H,18,20)(H,22,23)/t10-,13-/m0/s1. The zero-order valence-corrected chi connectivity index (χ0v) is 13.8. The third-order valence-electron chi connectivity index (χ3n) is 4.03. The van der Waals surface area contributed by atoms with Crippen molar-refractivity contribution in [1.82, 2.24) is 10.2 Å². The number of rotatable bonds is 3. The van der Waals surface area contributed by atoms with Crippen molar-refractivity contribution < 1.29 is 19.5 Å². The minimum absolute atomic E-state index is 0.0844. The van der Waals surface area contributed by atoms with Gasteiger partial charge in [-0.1, -0.05) is 11.6 Å². The third-order valence-corrected chi connectivity index (χ3v) is 4.25. The summed E-state index contributed by atoms with van der Waals surface area (Å²) in [6.07, 6.45) is 0.688. The van der Waals surface area contributed by atoms with E-state index in [-0.39, 0.29) is 18.9 Å². The van der Waals surface area contributed by atoms with Gasteiger partial charge in [0, 0.05) is 24.2 Å². The Kier molecular flexibility index (Phi) is 5.26. The average Bonchev–Trinajstić information content (AvgIpc) is 2.51. The van der Waals surface area contributed by atoms with Gasteiger partial charge < -0.3 is 15.3 Å². The second kappa shape index (κ2) is 7.00. The maximum atomic E-state index is 12.7. The highest BCUT2D eigenvalue weighted by Gasteiger charge is 2.38. The van der Waals surface area contributed by atoms with Gasteiger partial charge in [-0.3, -0.25) is 9.59 Å². The molecular weight excluding hydrogens is 320 g/mol. The minimum Gasteiger partial charge on any atom is -0.480 e. The van der Waals surface area contributed by atoms with Crippen molar-refractivity contribution in [2.45, 2.75) is 25.8 Å². The topological polar surface area (TPSA) is 86.7 Å². The van der Waals surface area contributed by atoms with Crippen molar-refractivity contribution in [3.8, 4) is 0 Å². The molecule has 0 spiro atoms. The van der Waals surface area contributed by atoms with E-state index in [1.165, 1.54) is 18.0 Å². The van der Waals surface area contributed by atoms with E-state index in [2.05, 4.69) is 5.32 Å². The van der Waals surface area contributed by atoms with Gasteiger partial charge in [-0.05, 0) is 43.5 Å². The zero-order chi connectivity index (χ0) is 17.1. The quantitative estimate of drug-likeness (QED) is 0.878. The summed E-state index contributed by atoms with van der Waals surface area (Å²) in [6.45, 7) is 1.89. The van der Waals surface area contributed by atoms with Crippen molar-refractivity contribution in [3.05, 3.63) is 34.3 Å². The van der Waals surface area contributed by atoms with Crippen LogP contribution in [0.1, 0.15) is 28.8 Å². The van der Waals surface area contributed by atoms with E-state index in [9.17, 15) is 19.5 Å². The first-order valence-corrected chi connectivity index (χ1v) is 7.74. The molecule has 1 aromatic rings. The lowest BCUT2D eigenvalue weighted by atomic mass is 9.91. The van der Waals surface area contributed by atoms with Crippen LogP contribution in [0.2, 0.25) is 5.02 Å². The zero-order valence-electron chi connectivity index (χ0n) is 13.0. The molecule has 1 aliphatic heterocycles. The lowest BCUT2D eigenvalue weighted by Crippen LogP contribution is -2.53. The van der Waals surface area contributed by atoms with Gasteiger partial charge in [-0.15, -0.1) is 0 Å². The van der Waals surface area contributed by atoms with Crippen LogP contribution in [0.3, 0.4) is 0 Å². The number of amides is 2. The Hall–Kier alpha value is -2.08. The maximum Gasteiger partial charge on any atom is 0.326 e. The van der Waals surface area contributed by atoms with Crippen molar-refractivity contribution >= 4 is 29.4 Å². The number of halogens is 1. The van der Waals surface area contributed by atoms with Crippen LogP contribution < -0.4 is 5.32 Å². The SMILES string of the molecule is CNC(=O)[C@H]1CC[C@@H](C(=O)O)N(C(=O)c2cc(C)cc(Cl)c2)C1. The van der Waals surface area contributed by atoms with E-state index >= 15 is 0 Å². The van der Waals surface area contributed by atoms with Crippen LogP contribution in [0.25, 0.3) is 0 Å². The first-order chi connectivity index (χ1) is 10.8. The fraction of sp³-hybridized carbons (Fsp3) is 0.438. The van der Waals surface area contributed by atoms with E-state index in [0.717, 1.165) is 5.56 Å². The molecule has 2 atom stereocenters. The smallest absolute Gasteiger partial charge is 0.326 e. The van der Waals surface area contributed by atoms with E-state index in [4.69, 9.17) is 11.6 Å². The van der Waals surface area contributed by atoms with Crippen LogP contribution >= 0.6 is 11.6 Å². The number of carbonyl (C=O) groups is 3. The highest BCUT2D eigenvalue weighted by Crippen LogP contribution is 2.25. The van der Waals surface area contributed by atoms with Gasteiger partial charge in [0.1, 0.15) is 6.04 Å². The molecular formula is C16H19ClN2O4. The normalized spacial score (nSPS) is 20.9. The fourth-order valence-electron chi connectivity index (χ4n) is 2.90. The summed E-state index contributed by atoms with van der Waals surface area (Å²) in [5.41, 5.74) is 1.14. The number of hydrogen-bond donors (Lipinski definition) is 2. The molecule has 6 nitrogen and oxygen atoms in total. The lowest BCUT2D eigenvalue weighted by Gasteiger charge is -2.36. The van der Waals surface area contributed by atoms with Crippen LogP contribution in [0.4, 0.5) is 0 Å². The highest BCUT2D eigenvalue weighted by atomic mass is 35.5. The number of likely N-dealkylation sites (tertiary alicyclic amines) is 1. The van der Waals surface area contributed by atoms with Crippen LogP contribution in [0.5, 0.6) is 0 Å². The molecule has 2 N–H and O–H groups in total. The number of nitrogens with zero attached hydrogens (tertiary/aromatic N) is 1. The predicted molar refractivity (Wildman–Crippen MR) is 85.4 cm³/mol. The van der Waals surface area contributed by atoms with Crippen molar-refractivity contribution in [2.24, 2.45) is 5.92 Å². The molecule has 1 saturated heterocycles. The van der Waals surface area contributed by atoms with Gasteiger partial charge in [-0.2, -0.15) is 0 Å². The average molecular weight is 339 g/mol. The fourth-order valence-corrected chi connectivity index (χ4v) is 3.19. The summed E-state index contributed by atoms with van der Waals surface area (Å²) in [6, 6.07) is 3.97. The van der Waals surface area contributed by atoms with E-state index in [0.29, 0.717) is 17.0 Å². The van der Waals surface area contributed by atoms with Gasteiger partial charge in [0.05, 0.1) is 5.92 Å². The van der Waals surface area contributed by atoms with Gasteiger partial charge in [0.15, 0.2) is 0 Å². The molecule has 0 radical (unpaired) electrons. The van der Waals surface area contributed by atoms with Crippen LogP contribution in [0.15, 0.2) is 18.2 Å². The van der Waals surface area contributed by atoms with Crippen molar-refractivity contribution in [2.75, 3.05) is 13.6 Å². The number of aliphatic carboxylic acids is 1. The summed E-state index contributed by atoms with van der Waals surface area (Å²) in [5.74, 6) is -2.07. The highest BCUT2D eigenvalue weighted by molar-refractivity contribution is 6.31. The van der Waals surface area contributed by atoms with Gasteiger partial charge in [0.2, 0.25) is 5.91 Å². The molecule has 1 fully saturated rings. The van der Waals surface area contributed by atoms with Gasteiger partial charge in [0.25, 0.3) is 5.91 Å². The van der Waals surface area contributed by atoms with Gasteiger partial charge >= 0.3 is 5.97 Å². The molecule has 1 aliphatic rings. The summed E-state index contributed by atoms with van der Waals surface area (Å²) in [5, 5.41) is 12.3. The number of aryl methyl sites for hydroxylation is 1. The number of piperidine rings is 1. The number of carboxylic acids is 1. The molecule has 124 valence electrons. The Labute approximate surface area is 139 Å². The molecule has 23 heavy (non-hydrogen) atoms. The first-order valence-electron chi connectivity index (χ1n) is 7.36. The largest absolute Gasteiger partial charge is 0.480 e. The van der Waals surface area contributed by atoms with Crippen LogP contribution in [-0.4, -0.2) is 47.4 Å². The van der Waals surface area contributed by atoms with E-state index < -0.39 is 23.8 Å². The summed E-state index contributed by atoms with van der Waals surface area (Å²) in [7, 11) is 1.53. The molecule has 2 amide bonds. The molecule has 0 bridgehead atoms. The summed E-state index contributed by atoms with van der Waals surface area (Å²) < 4.78 is 0. The molecule has 1 heterocycles. The number of nitrogens with one attached hydrogen (secondary N) is 1. The monoisotopic (exact) mass is 338 g/mol.